The molecule has 0 saturated heterocycles. The second-order valence-corrected chi connectivity index (χ2v) is 4.74. The zero-order valence-electron chi connectivity index (χ0n) is 8.83. The van der Waals surface area contributed by atoms with Crippen LogP contribution in [0.15, 0.2) is 21.2 Å². The molecule has 1 fully saturated rings. The van der Waals surface area contributed by atoms with E-state index in [4.69, 9.17) is 9.15 Å². The normalized spacial score (nSPS) is 26.0. The minimum atomic E-state index is 0.436. The van der Waals surface area contributed by atoms with Gasteiger partial charge < -0.3 is 14.5 Å². The van der Waals surface area contributed by atoms with Gasteiger partial charge in [-0.3, -0.25) is 0 Å². The van der Waals surface area contributed by atoms with E-state index in [1.807, 2.05) is 12.1 Å². The third-order valence-electron chi connectivity index (χ3n) is 2.91. The summed E-state index contributed by atoms with van der Waals surface area (Å²) in [5.41, 5.74) is 0. The summed E-state index contributed by atoms with van der Waals surface area (Å²) >= 11 is 3.29. The van der Waals surface area contributed by atoms with Gasteiger partial charge in [0.2, 0.25) is 0 Å². The predicted molar refractivity (Wildman–Crippen MR) is 61.7 cm³/mol. The highest BCUT2D eigenvalue weighted by atomic mass is 79.9. The number of halogens is 1. The number of ether oxygens (including phenoxy) is 1. The standard InChI is InChI=1S/C11H16BrNO2/c1-14-9-3-2-8(6-9)13-7-10-4-5-11(12)15-10/h4-5,8-9,13H,2-3,6-7H2,1H3. The molecule has 1 aromatic rings. The monoisotopic (exact) mass is 273 g/mol. The SMILES string of the molecule is COC1CCC(NCc2ccc(Br)o2)C1. The number of hydrogen-bond donors (Lipinski definition) is 1. The molecule has 15 heavy (non-hydrogen) atoms. The molecule has 3 nitrogen and oxygen atoms in total. The van der Waals surface area contributed by atoms with E-state index in [0.29, 0.717) is 12.1 Å². The van der Waals surface area contributed by atoms with Crippen LogP contribution in [0.2, 0.25) is 0 Å². The topological polar surface area (TPSA) is 34.4 Å². The van der Waals surface area contributed by atoms with Crippen LogP contribution in [0.25, 0.3) is 0 Å². The van der Waals surface area contributed by atoms with Crippen LogP contribution in [-0.2, 0) is 11.3 Å². The fourth-order valence-electron chi connectivity index (χ4n) is 2.03. The van der Waals surface area contributed by atoms with E-state index < -0.39 is 0 Å². The molecule has 0 radical (unpaired) electrons. The Balaban J connectivity index is 1.75. The molecule has 2 unspecified atom stereocenters. The average molecular weight is 274 g/mol. The fourth-order valence-corrected chi connectivity index (χ4v) is 2.37. The number of hydrogen-bond acceptors (Lipinski definition) is 3. The number of methoxy groups -OCH3 is 1. The van der Waals surface area contributed by atoms with Crippen LogP contribution in [-0.4, -0.2) is 19.3 Å². The maximum absolute atomic E-state index is 5.42. The molecule has 1 aromatic heterocycles. The summed E-state index contributed by atoms with van der Waals surface area (Å²) in [6.45, 7) is 0.798. The van der Waals surface area contributed by atoms with Crippen LogP contribution in [0.4, 0.5) is 0 Å². The molecule has 0 aromatic carbocycles. The second-order valence-electron chi connectivity index (χ2n) is 3.95. The lowest BCUT2D eigenvalue weighted by Gasteiger charge is -2.11. The van der Waals surface area contributed by atoms with Crippen molar-refractivity contribution in [3.8, 4) is 0 Å². The highest BCUT2D eigenvalue weighted by Gasteiger charge is 2.23. The first-order chi connectivity index (χ1) is 7.28. The van der Waals surface area contributed by atoms with Crippen molar-refractivity contribution in [1.29, 1.82) is 0 Å². The predicted octanol–water partition coefficient (Wildman–Crippen LogP) is 2.70. The molecule has 1 aliphatic rings. The summed E-state index contributed by atoms with van der Waals surface area (Å²) in [4.78, 5) is 0. The van der Waals surface area contributed by atoms with Crippen molar-refractivity contribution in [3.05, 3.63) is 22.6 Å². The highest BCUT2D eigenvalue weighted by molar-refractivity contribution is 9.10. The number of rotatable bonds is 4. The molecular weight excluding hydrogens is 258 g/mol. The van der Waals surface area contributed by atoms with Gasteiger partial charge >= 0.3 is 0 Å². The van der Waals surface area contributed by atoms with Gasteiger partial charge in [0, 0.05) is 13.2 Å². The molecule has 2 atom stereocenters. The zero-order chi connectivity index (χ0) is 10.7. The van der Waals surface area contributed by atoms with Crippen molar-refractivity contribution in [3.63, 3.8) is 0 Å². The van der Waals surface area contributed by atoms with Gasteiger partial charge in [0.25, 0.3) is 0 Å². The van der Waals surface area contributed by atoms with Gasteiger partial charge in [-0.2, -0.15) is 0 Å². The molecule has 0 amide bonds. The molecule has 84 valence electrons. The van der Waals surface area contributed by atoms with Gasteiger partial charge in [-0.1, -0.05) is 0 Å². The quantitative estimate of drug-likeness (QED) is 0.916. The van der Waals surface area contributed by atoms with Crippen LogP contribution < -0.4 is 5.32 Å². The molecule has 0 bridgehead atoms. The van der Waals surface area contributed by atoms with Crippen molar-refractivity contribution in [1.82, 2.24) is 5.32 Å². The molecule has 1 heterocycles. The van der Waals surface area contributed by atoms with Crippen molar-refractivity contribution in [2.75, 3.05) is 7.11 Å². The largest absolute Gasteiger partial charge is 0.453 e. The minimum Gasteiger partial charge on any atom is -0.453 e. The second kappa shape index (κ2) is 5.14. The van der Waals surface area contributed by atoms with E-state index in [9.17, 15) is 0 Å². The Hall–Kier alpha value is -0.320. The number of furan rings is 1. The van der Waals surface area contributed by atoms with Gasteiger partial charge in [0.15, 0.2) is 4.67 Å². The minimum absolute atomic E-state index is 0.436. The van der Waals surface area contributed by atoms with Gasteiger partial charge in [-0.15, -0.1) is 0 Å². The Bertz CT molecular complexity index is 313. The fraction of sp³-hybridized carbons (Fsp3) is 0.636. The van der Waals surface area contributed by atoms with E-state index in [1.54, 1.807) is 7.11 Å². The lowest BCUT2D eigenvalue weighted by molar-refractivity contribution is 0.107. The molecule has 0 spiro atoms. The summed E-state index contributed by atoms with van der Waals surface area (Å²) in [6.07, 6.45) is 3.90. The van der Waals surface area contributed by atoms with Crippen LogP contribution in [0.1, 0.15) is 25.0 Å². The van der Waals surface area contributed by atoms with E-state index in [-0.39, 0.29) is 0 Å². The molecular formula is C11H16BrNO2. The van der Waals surface area contributed by atoms with E-state index in [2.05, 4.69) is 21.2 Å². The summed E-state index contributed by atoms with van der Waals surface area (Å²) in [5, 5.41) is 3.48. The Kier molecular flexibility index (Phi) is 3.83. The summed E-state index contributed by atoms with van der Waals surface area (Å²) in [5.74, 6) is 0.975. The smallest absolute Gasteiger partial charge is 0.169 e. The van der Waals surface area contributed by atoms with Crippen LogP contribution in [0.5, 0.6) is 0 Å². The van der Waals surface area contributed by atoms with Crippen LogP contribution >= 0.6 is 15.9 Å². The third kappa shape index (κ3) is 3.06. The Morgan fingerprint density at radius 2 is 2.40 bits per heavy atom. The summed E-state index contributed by atoms with van der Waals surface area (Å²) in [6, 6.07) is 4.47. The third-order valence-corrected chi connectivity index (χ3v) is 3.34. The van der Waals surface area contributed by atoms with Crippen molar-refractivity contribution >= 4 is 15.9 Å². The van der Waals surface area contributed by atoms with E-state index in [0.717, 1.165) is 29.8 Å². The zero-order valence-corrected chi connectivity index (χ0v) is 10.4. The van der Waals surface area contributed by atoms with Crippen LogP contribution in [0.3, 0.4) is 0 Å². The van der Waals surface area contributed by atoms with E-state index >= 15 is 0 Å². The molecule has 4 heteroatoms. The lowest BCUT2D eigenvalue weighted by Crippen LogP contribution is -2.26. The Morgan fingerprint density at radius 1 is 1.53 bits per heavy atom. The van der Waals surface area contributed by atoms with Crippen LogP contribution in [0, 0.1) is 0 Å². The molecule has 1 saturated carbocycles. The molecule has 0 aliphatic heterocycles. The highest BCUT2D eigenvalue weighted by Crippen LogP contribution is 2.22. The first-order valence-corrected chi connectivity index (χ1v) is 6.07. The van der Waals surface area contributed by atoms with E-state index in [1.165, 1.54) is 6.42 Å². The maximum Gasteiger partial charge on any atom is 0.169 e. The lowest BCUT2D eigenvalue weighted by atomic mass is 10.2. The molecule has 2 rings (SSSR count). The van der Waals surface area contributed by atoms with Crippen molar-refractivity contribution < 1.29 is 9.15 Å². The van der Waals surface area contributed by atoms with Gasteiger partial charge in [0.1, 0.15) is 5.76 Å². The first kappa shape index (κ1) is 11.2. The average Bonchev–Trinajstić information content (AvgIpc) is 2.83. The Labute approximate surface area is 98.3 Å². The van der Waals surface area contributed by atoms with Crippen molar-refractivity contribution in [2.45, 2.75) is 38.0 Å². The Morgan fingerprint density at radius 3 is 3.00 bits per heavy atom. The summed E-state index contributed by atoms with van der Waals surface area (Å²) < 4.78 is 11.5. The molecule has 1 N–H and O–H groups in total. The van der Waals surface area contributed by atoms with Gasteiger partial charge in [-0.05, 0) is 47.3 Å². The molecule has 1 aliphatic carbocycles. The number of nitrogens with one attached hydrogen (secondary N) is 1. The van der Waals surface area contributed by atoms with Gasteiger partial charge in [0.05, 0.1) is 12.6 Å². The van der Waals surface area contributed by atoms with Crippen molar-refractivity contribution in [2.24, 2.45) is 0 Å². The first-order valence-electron chi connectivity index (χ1n) is 5.28. The summed E-state index contributed by atoms with van der Waals surface area (Å²) in [7, 11) is 1.79. The maximum atomic E-state index is 5.42. The van der Waals surface area contributed by atoms with Gasteiger partial charge in [-0.25, -0.2) is 0 Å².